The molecule has 1 heterocycles. The number of phenolic OH excluding ortho intramolecular Hbond substituents is 1. The maximum absolute atomic E-state index is 13.8. The van der Waals surface area contributed by atoms with Crippen molar-refractivity contribution in [2.45, 2.75) is 24.9 Å². The lowest BCUT2D eigenvalue weighted by Crippen LogP contribution is -2.73. The monoisotopic (exact) mass is 414 g/mol. The van der Waals surface area contributed by atoms with Crippen LogP contribution in [0, 0.1) is 5.92 Å². The van der Waals surface area contributed by atoms with Gasteiger partial charge in [0.05, 0.1) is 12.6 Å². The van der Waals surface area contributed by atoms with E-state index in [4.69, 9.17) is 17.0 Å². The van der Waals surface area contributed by atoms with Crippen molar-refractivity contribution >= 4 is 34.1 Å². The van der Waals surface area contributed by atoms with Crippen LogP contribution in [0.1, 0.15) is 18.5 Å². The Morgan fingerprint density at radius 3 is 2.61 bits per heavy atom. The van der Waals surface area contributed by atoms with Crippen molar-refractivity contribution in [1.29, 1.82) is 0 Å². The Balaban J connectivity index is 2.27. The summed E-state index contributed by atoms with van der Waals surface area (Å²) in [6, 6.07) is 8.05. The normalized spacial score (nSPS) is 25.1. The van der Waals surface area contributed by atoms with Crippen LogP contribution in [0.3, 0.4) is 0 Å². The highest BCUT2D eigenvalue weighted by molar-refractivity contribution is 7.80. The summed E-state index contributed by atoms with van der Waals surface area (Å²) in [5.41, 5.74) is -3.68. The number of carbonyl (C=O) groups is 1. The zero-order valence-corrected chi connectivity index (χ0v) is 15.4. The number of rotatable bonds is 3. The van der Waals surface area contributed by atoms with E-state index in [1.54, 1.807) is 35.6 Å². The molecule has 0 aromatic heterocycles. The summed E-state index contributed by atoms with van der Waals surface area (Å²) in [5, 5.41) is 25.8. The van der Waals surface area contributed by atoms with Gasteiger partial charge >= 0.3 is 12.1 Å². The molecule has 3 rings (SSSR count). The van der Waals surface area contributed by atoms with E-state index in [2.05, 4.69) is 5.32 Å². The van der Waals surface area contributed by atoms with Gasteiger partial charge in [-0.3, -0.25) is 4.79 Å². The average molecular weight is 414 g/mol. The first-order valence-electron chi connectivity index (χ1n) is 8.35. The lowest BCUT2D eigenvalue weighted by Gasteiger charge is -2.45. The molecule has 2 aromatic rings. The molecule has 1 aliphatic rings. The summed E-state index contributed by atoms with van der Waals surface area (Å²) in [4.78, 5) is 12.5. The number of hydrogen-bond donors (Lipinski definition) is 4. The van der Waals surface area contributed by atoms with Crippen molar-refractivity contribution in [1.82, 2.24) is 10.6 Å². The first kappa shape index (κ1) is 20.2. The number of alkyl halides is 3. The minimum absolute atomic E-state index is 0.00248. The van der Waals surface area contributed by atoms with Gasteiger partial charge in [0.15, 0.2) is 5.11 Å². The standard InChI is InChI=1S/C18H17F3N2O4S/c1-2-27-15(25)13-14(22-16(28)23-17(13,26)18(19,20)21)12-10-6-4-3-5-9(10)7-8-11(12)24/h3-8,13-14,24,26H,2H2,1H3,(H2,22,23,28). The number of aromatic hydroxyl groups is 1. The number of hydrogen-bond acceptors (Lipinski definition) is 5. The quantitative estimate of drug-likeness (QED) is 0.453. The Morgan fingerprint density at radius 2 is 1.96 bits per heavy atom. The summed E-state index contributed by atoms with van der Waals surface area (Å²) >= 11 is 4.85. The van der Waals surface area contributed by atoms with E-state index < -0.39 is 34.9 Å². The van der Waals surface area contributed by atoms with Crippen molar-refractivity contribution in [3.05, 3.63) is 42.0 Å². The molecule has 1 fully saturated rings. The minimum atomic E-state index is -5.25. The molecule has 10 heteroatoms. The predicted molar refractivity (Wildman–Crippen MR) is 98.4 cm³/mol. The van der Waals surface area contributed by atoms with E-state index in [0.717, 1.165) is 0 Å². The number of fused-ring (bicyclic) bond motifs is 1. The highest BCUT2D eigenvalue weighted by Gasteiger charge is 2.66. The maximum Gasteiger partial charge on any atom is 0.437 e. The maximum atomic E-state index is 13.8. The number of carbonyl (C=O) groups excluding carboxylic acids is 1. The highest BCUT2D eigenvalue weighted by Crippen LogP contribution is 2.46. The number of phenols is 1. The smallest absolute Gasteiger partial charge is 0.437 e. The molecule has 3 atom stereocenters. The van der Waals surface area contributed by atoms with Gasteiger partial charge in [0.1, 0.15) is 11.7 Å². The lowest BCUT2D eigenvalue weighted by atomic mass is 9.80. The largest absolute Gasteiger partial charge is 0.508 e. The van der Waals surface area contributed by atoms with Gasteiger partial charge in [-0.25, -0.2) is 0 Å². The van der Waals surface area contributed by atoms with E-state index >= 15 is 0 Å². The zero-order valence-electron chi connectivity index (χ0n) is 14.6. The van der Waals surface area contributed by atoms with E-state index in [0.29, 0.717) is 10.8 Å². The molecule has 3 unspecified atom stereocenters. The summed E-state index contributed by atoms with van der Waals surface area (Å²) in [6.45, 7) is 1.24. The van der Waals surface area contributed by atoms with Crippen LogP contribution in [-0.2, 0) is 9.53 Å². The Bertz CT molecular complexity index is 937. The van der Waals surface area contributed by atoms with Crippen LogP contribution in [0.2, 0.25) is 0 Å². The van der Waals surface area contributed by atoms with Crippen LogP contribution in [0.5, 0.6) is 5.75 Å². The molecule has 0 spiro atoms. The second-order valence-electron chi connectivity index (χ2n) is 6.29. The molecule has 4 N–H and O–H groups in total. The second kappa shape index (κ2) is 7.10. The summed E-state index contributed by atoms with van der Waals surface area (Å²) in [5.74, 6) is -3.81. The number of esters is 1. The van der Waals surface area contributed by atoms with Crippen LogP contribution >= 0.6 is 12.2 Å². The van der Waals surface area contributed by atoms with Crippen molar-refractivity contribution in [2.75, 3.05) is 6.61 Å². The first-order chi connectivity index (χ1) is 13.1. The average Bonchev–Trinajstić information content (AvgIpc) is 2.60. The molecule has 0 amide bonds. The van der Waals surface area contributed by atoms with Crippen molar-refractivity contribution in [2.24, 2.45) is 5.92 Å². The molecule has 6 nitrogen and oxygen atoms in total. The molecule has 2 aromatic carbocycles. The Morgan fingerprint density at radius 1 is 1.29 bits per heavy atom. The van der Waals surface area contributed by atoms with Gasteiger partial charge < -0.3 is 25.6 Å². The van der Waals surface area contributed by atoms with Gasteiger partial charge in [0.2, 0.25) is 0 Å². The SMILES string of the molecule is CCOC(=O)C1C(c2c(O)ccc3ccccc23)NC(=S)NC1(O)C(F)(F)F. The third-order valence-electron chi connectivity index (χ3n) is 4.61. The van der Waals surface area contributed by atoms with Gasteiger partial charge in [-0.05, 0) is 36.0 Å². The van der Waals surface area contributed by atoms with Gasteiger partial charge in [-0.15, -0.1) is 0 Å². The zero-order chi connectivity index (χ0) is 20.7. The Kier molecular flexibility index (Phi) is 5.11. The number of benzene rings is 2. The predicted octanol–water partition coefficient (Wildman–Crippen LogP) is 2.49. The minimum Gasteiger partial charge on any atom is -0.508 e. The number of aliphatic hydroxyl groups is 1. The number of halogens is 3. The molecule has 1 saturated heterocycles. The first-order valence-corrected chi connectivity index (χ1v) is 8.76. The Hall–Kier alpha value is -2.59. The topological polar surface area (TPSA) is 90.8 Å². The molecule has 0 saturated carbocycles. The van der Waals surface area contributed by atoms with Crippen LogP contribution in [0.25, 0.3) is 10.8 Å². The van der Waals surface area contributed by atoms with Gasteiger partial charge in [-0.2, -0.15) is 13.2 Å². The van der Waals surface area contributed by atoms with Crippen LogP contribution in [-0.4, -0.2) is 39.8 Å². The van der Waals surface area contributed by atoms with Crippen LogP contribution < -0.4 is 10.6 Å². The summed E-state index contributed by atoms with van der Waals surface area (Å²) in [7, 11) is 0. The number of ether oxygens (including phenoxy) is 1. The second-order valence-corrected chi connectivity index (χ2v) is 6.70. The van der Waals surface area contributed by atoms with Gasteiger partial charge in [0, 0.05) is 5.56 Å². The van der Waals surface area contributed by atoms with Crippen molar-refractivity contribution in [3.8, 4) is 5.75 Å². The molecule has 28 heavy (non-hydrogen) atoms. The molecular weight excluding hydrogens is 397 g/mol. The van der Waals surface area contributed by atoms with E-state index in [9.17, 15) is 28.2 Å². The highest BCUT2D eigenvalue weighted by atomic mass is 32.1. The Labute approximate surface area is 163 Å². The molecule has 0 aliphatic carbocycles. The van der Waals surface area contributed by atoms with Crippen LogP contribution in [0.4, 0.5) is 13.2 Å². The van der Waals surface area contributed by atoms with E-state index in [1.807, 2.05) is 0 Å². The third-order valence-corrected chi connectivity index (χ3v) is 4.83. The van der Waals surface area contributed by atoms with Gasteiger partial charge in [-0.1, -0.05) is 30.3 Å². The summed E-state index contributed by atoms with van der Waals surface area (Å²) in [6.07, 6.45) is -5.25. The van der Waals surface area contributed by atoms with E-state index in [1.165, 1.54) is 13.0 Å². The molecule has 0 bridgehead atoms. The summed E-state index contributed by atoms with van der Waals surface area (Å²) < 4.78 is 46.2. The fraction of sp³-hybridized carbons (Fsp3) is 0.333. The fourth-order valence-electron chi connectivity index (χ4n) is 3.39. The molecular formula is C18H17F3N2O4S. The van der Waals surface area contributed by atoms with Crippen LogP contribution in [0.15, 0.2) is 36.4 Å². The third kappa shape index (κ3) is 3.22. The molecule has 1 aliphatic heterocycles. The van der Waals surface area contributed by atoms with Crippen molar-refractivity contribution in [3.63, 3.8) is 0 Å². The fourth-order valence-corrected chi connectivity index (χ4v) is 3.67. The molecule has 0 radical (unpaired) electrons. The van der Waals surface area contributed by atoms with E-state index in [-0.39, 0.29) is 17.9 Å². The number of thiocarbonyl (C=S) groups is 1. The van der Waals surface area contributed by atoms with Crippen molar-refractivity contribution < 1.29 is 32.9 Å². The number of nitrogens with one attached hydrogen (secondary N) is 2. The molecule has 150 valence electrons. The van der Waals surface area contributed by atoms with Gasteiger partial charge in [0.25, 0.3) is 5.72 Å². The lowest BCUT2D eigenvalue weighted by molar-refractivity contribution is -0.292.